The van der Waals surface area contributed by atoms with Crippen molar-refractivity contribution in [1.29, 1.82) is 0 Å². The Balaban J connectivity index is 2.70. The molecule has 1 heterocycles. The molecule has 4 nitrogen and oxygen atoms in total. The minimum Gasteiger partial charge on any atom is -0.478 e. The summed E-state index contributed by atoms with van der Waals surface area (Å²) >= 11 is 0. The van der Waals surface area contributed by atoms with E-state index in [2.05, 4.69) is 10.2 Å². The smallest absolute Gasteiger partial charge is 0.417 e. The number of nitrogens with one attached hydrogen (secondary N) is 1. The molecule has 0 fully saturated rings. The minimum atomic E-state index is -4.57. The van der Waals surface area contributed by atoms with Crippen molar-refractivity contribution in [3.05, 3.63) is 41.1 Å². The molecule has 2 aromatic rings. The molecule has 0 spiro atoms. The Hall–Kier alpha value is -2.31. The zero-order valence-electron chi connectivity index (χ0n) is 9.75. The van der Waals surface area contributed by atoms with Crippen molar-refractivity contribution in [3.63, 3.8) is 0 Å². The summed E-state index contributed by atoms with van der Waals surface area (Å²) in [5.74, 6) is -1.32. The van der Waals surface area contributed by atoms with E-state index in [1.54, 1.807) is 0 Å². The summed E-state index contributed by atoms with van der Waals surface area (Å²) < 4.78 is 38.7. The second kappa shape index (κ2) is 4.42. The molecule has 0 radical (unpaired) electrons. The predicted molar refractivity (Wildman–Crippen MR) is 60.7 cm³/mol. The number of aryl methyl sites for hydroxylation is 1. The van der Waals surface area contributed by atoms with E-state index >= 15 is 0 Å². The first-order chi connectivity index (χ1) is 8.82. The third-order valence-electron chi connectivity index (χ3n) is 2.65. The van der Waals surface area contributed by atoms with Gasteiger partial charge in [-0.2, -0.15) is 18.3 Å². The maximum Gasteiger partial charge on any atom is 0.417 e. The number of aromatic carboxylic acids is 1. The Morgan fingerprint density at radius 2 is 1.95 bits per heavy atom. The summed E-state index contributed by atoms with van der Waals surface area (Å²) in [7, 11) is 0. The molecule has 2 rings (SSSR count). The highest BCUT2D eigenvalue weighted by molar-refractivity contribution is 5.96. The van der Waals surface area contributed by atoms with Crippen molar-refractivity contribution in [3.8, 4) is 11.3 Å². The topological polar surface area (TPSA) is 66.0 Å². The quantitative estimate of drug-likeness (QED) is 0.881. The Morgan fingerprint density at radius 3 is 2.53 bits per heavy atom. The van der Waals surface area contributed by atoms with Crippen LogP contribution in [0.15, 0.2) is 24.3 Å². The third-order valence-corrected chi connectivity index (χ3v) is 2.65. The van der Waals surface area contributed by atoms with Crippen LogP contribution in [0.5, 0.6) is 0 Å². The molecule has 0 aliphatic carbocycles. The lowest BCUT2D eigenvalue weighted by Crippen LogP contribution is -2.08. The molecular weight excluding hydrogens is 261 g/mol. The van der Waals surface area contributed by atoms with Gasteiger partial charge in [-0.3, -0.25) is 5.10 Å². The summed E-state index contributed by atoms with van der Waals surface area (Å²) in [4.78, 5) is 11.1. The second-order valence-electron chi connectivity index (χ2n) is 3.92. The summed E-state index contributed by atoms with van der Waals surface area (Å²) in [6.45, 7) is 1.44. The molecule has 0 unspecified atom stereocenters. The van der Waals surface area contributed by atoms with Crippen molar-refractivity contribution < 1.29 is 23.1 Å². The van der Waals surface area contributed by atoms with Gasteiger partial charge in [0.1, 0.15) is 11.3 Å². The van der Waals surface area contributed by atoms with Gasteiger partial charge >= 0.3 is 12.1 Å². The highest BCUT2D eigenvalue weighted by atomic mass is 19.4. The Morgan fingerprint density at radius 1 is 1.32 bits per heavy atom. The number of carboxylic acid groups (broad SMARTS) is 1. The third kappa shape index (κ3) is 2.31. The van der Waals surface area contributed by atoms with Gasteiger partial charge in [-0.05, 0) is 13.0 Å². The van der Waals surface area contributed by atoms with Gasteiger partial charge in [-0.15, -0.1) is 0 Å². The maximum absolute atomic E-state index is 12.9. The predicted octanol–water partition coefficient (Wildman–Crippen LogP) is 3.10. The molecule has 1 aromatic heterocycles. The largest absolute Gasteiger partial charge is 0.478 e. The van der Waals surface area contributed by atoms with E-state index in [4.69, 9.17) is 5.11 Å². The lowest BCUT2D eigenvalue weighted by Gasteiger charge is -2.11. The van der Waals surface area contributed by atoms with Gasteiger partial charge in [-0.1, -0.05) is 18.2 Å². The normalized spacial score (nSPS) is 11.6. The highest BCUT2D eigenvalue weighted by Gasteiger charge is 2.35. The van der Waals surface area contributed by atoms with E-state index in [1.807, 2.05) is 0 Å². The number of carbonyl (C=O) groups is 1. The number of H-pyrrole nitrogens is 1. The van der Waals surface area contributed by atoms with E-state index in [0.29, 0.717) is 0 Å². The molecular formula is C12H9F3N2O2. The van der Waals surface area contributed by atoms with Crippen molar-refractivity contribution in [2.45, 2.75) is 13.1 Å². The lowest BCUT2D eigenvalue weighted by atomic mass is 10.0. The van der Waals surface area contributed by atoms with Crippen molar-refractivity contribution in [1.82, 2.24) is 10.2 Å². The van der Waals surface area contributed by atoms with Crippen LogP contribution in [-0.4, -0.2) is 21.3 Å². The highest BCUT2D eigenvalue weighted by Crippen LogP contribution is 2.37. The van der Waals surface area contributed by atoms with Crippen LogP contribution in [0.3, 0.4) is 0 Å². The molecule has 7 heteroatoms. The SMILES string of the molecule is Cc1[nH]nc(-c2ccccc2C(F)(F)F)c1C(=O)O. The zero-order valence-corrected chi connectivity index (χ0v) is 9.75. The van der Waals surface area contributed by atoms with Gasteiger partial charge in [0.25, 0.3) is 0 Å². The van der Waals surface area contributed by atoms with Gasteiger partial charge in [0, 0.05) is 11.3 Å². The minimum absolute atomic E-state index is 0.208. The summed E-state index contributed by atoms with van der Waals surface area (Å²) in [6, 6.07) is 4.74. The van der Waals surface area contributed by atoms with E-state index in [0.717, 1.165) is 6.07 Å². The van der Waals surface area contributed by atoms with Crippen LogP contribution in [0.25, 0.3) is 11.3 Å². The Bertz CT molecular complexity index is 632. The van der Waals surface area contributed by atoms with Crippen molar-refractivity contribution in [2.24, 2.45) is 0 Å². The number of hydrogen-bond donors (Lipinski definition) is 2. The summed E-state index contributed by atoms with van der Waals surface area (Å²) in [6.07, 6.45) is -4.57. The number of nitrogens with zero attached hydrogens (tertiary/aromatic N) is 1. The Kier molecular flexibility index (Phi) is 3.05. The molecule has 0 bridgehead atoms. The van der Waals surface area contributed by atoms with Crippen molar-refractivity contribution >= 4 is 5.97 Å². The molecule has 0 aliphatic heterocycles. The fraction of sp³-hybridized carbons (Fsp3) is 0.167. The van der Waals surface area contributed by atoms with E-state index in [-0.39, 0.29) is 22.5 Å². The van der Waals surface area contributed by atoms with Crippen LogP contribution in [0.4, 0.5) is 13.2 Å². The summed E-state index contributed by atoms with van der Waals surface area (Å²) in [5.41, 5.74) is -1.42. The van der Waals surface area contributed by atoms with Crippen LogP contribution < -0.4 is 0 Å². The van der Waals surface area contributed by atoms with E-state index < -0.39 is 17.7 Å². The molecule has 2 N–H and O–H groups in total. The first-order valence-corrected chi connectivity index (χ1v) is 5.27. The van der Waals surface area contributed by atoms with Gasteiger partial charge < -0.3 is 5.11 Å². The van der Waals surface area contributed by atoms with Gasteiger partial charge in [0.2, 0.25) is 0 Å². The van der Waals surface area contributed by atoms with Gasteiger partial charge in [0.15, 0.2) is 0 Å². The van der Waals surface area contributed by atoms with Crippen LogP contribution >= 0.6 is 0 Å². The molecule has 1 aromatic carbocycles. The second-order valence-corrected chi connectivity index (χ2v) is 3.92. The van der Waals surface area contributed by atoms with Crippen LogP contribution in [0.1, 0.15) is 21.6 Å². The number of aromatic amines is 1. The number of alkyl halides is 3. The molecule has 0 aliphatic rings. The molecule has 0 saturated carbocycles. The Labute approximate surface area is 105 Å². The number of hydrogen-bond acceptors (Lipinski definition) is 2. The summed E-state index contributed by atoms with van der Waals surface area (Å²) in [5, 5.41) is 15.1. The van der Waals surface area contributed by atoms with Crippen LogP contribution in [0, 0.1) is 6.92 Å². The maximum atomic E-state index is 12.9. The molecule has 100 valence electrons. The lowest BCUT2D eigenvalue weighted by molar-refractivity contribution is -0.137. The number of aromatic nitrogens is 2. The fourth-order valence-corrected chi connectivity index (χ4v) is 1.82. The average molecular weight is 270 g/mol. The van der Waals surface area contributed by atoms with Crippen molar-refractivity contribution in [2.75, 3.05) is 0 Å². The van der Waals surface area contributed by atoms with E-state index in [9.17, 15) is 18.0 Å². The first kappa shape index (κ1) is 13.1. The molecule has 0 amide bonds. The monoisotopic (exact) mass is 270 g/mol. The zero-order chi connectivity index (χ0) is 14.2. The van der Waals surface area contributed by atoms with E-state index in [1.165, 1.54) is 25.1 Å². The number of halogens is 3. The van der Waals surface area contributed by atoms with Crippen LogP contribution in [0.2, 0.25) is 0 Å². The van der Waals surface area contributed by atoms with Gasteiger partial charge in [-0.25, -0.2) is 4.79 Å². The fourth-order valence-electron chi connectivity index (χ4n) is 1.82. The molecule has 19 heavy (non-hydrogen) atoms. The van der Waals surface area contributed by atoms with Crippen LogP contribution in [-0.2, 0) is 6.18 Å². The molecule has 0 atom stereocenters. The number of carboxylic acids is 1. The molecule has 0 saturated heterocycles. The number of benzene rings is 1. The average Bonchev–Trinajstić information content (AvgIpc) is 2.70. The standard InChI is InChI=1S/C12H9F3N2O2/c1-6-9(11(18)19)10(17-16-6)7-4-2-3-5-8(7)12(13,14)15/h2-5H,1H3,(H,16,17)(H,18,19). The number of rotatable bonds is 2. The first-order valence-electron chi connectivity index (χ1n) is 5.27. The van der Waals surface area contributed by atoms with Gasteiger partial charge in [0.05, 0.1) is 5.56 Å².